The van der Waals surface area contributed by atoms with Gasteiger partial charge in [-0.05, 0) is 83.4 Å². The van der Waals surface area contributed by atoms with Gasteiger partial charge in [-0.25, -0.2) is 0 Å². The van der Waals surface area contributed by atoms with Gasteiger partial charge in [0.2, 0.25) is 6.71 Å². The van der Waals surface area contributed by atoms with Crippen LogP contribution in [0.2, 0.25) is 0 Å². The average molecular weight is 524 g/mol. The molecule has 4 atom stereocenters. The topological polar surface area (TPSA) is 27.0 Å². The highest BCUT2D eigenvalue weighted by atomic mass is 15.2. The van der Waals surface area contributed by atoms with Gasteiger partial charge in [0.25, 0.3) is 0 Å². The lowest BCUT2D eigenvalue weighted by molar-refractivity contribution is 0.622. The third-order valence-corrected chi connectivity index (χ3v) is 10.2. The molecule has 0 fully saturated rings. The fraction of sp³-hybridized carbons (Fsp3) is 0.184. The largest absolute Gasteiger partial charge is 0.312 e. The first-order valence-electron chi connectivity index (χ1n) is 14.9. The molecule has 0 saturated carbocycles. The second kappa shape index (κ2) is 8.48. The molecule has 5 aliphatic carbocycles. The van der Waals surface area contributed by atoms with Crippen LogP contribution in [0, 0.1) is 36.0 Å². The standard InChI is InChI=1S/C38H29BN2/c1-23-19-32-31-12-6-11-29-27(22-40)14-17-33(36(29)31)39-37-30-10-5-4-8-25(30)15-18-34(37)41(35(20-23)38(32)39)28-16-13-24-7-2-3-9-26(24)21-28/h3-6,8-21,25,30-31,36H,2,7H2,1H3. The van der Waals surface area contributed by atoms with Crippen molar-refractivity contribution in [2.24, 2.45) is 17.8 Å². The smallest absolute Gasteiger partial charge is 0.239 e. The summed E-state index contributed by atoms with van der Waals surface area (Å²) in [6, 6.07) is 14.4. The first-order valence-corrected chi connectivity index (χ1v) is 14.9. The van der Waals surface area contributed by atoms with E-state index in [1.807, 2.05) is 0 Å². The molecule has 194 valence electrons. The highest BCUT2D eigenvalue weighted by Crippen LogP contribution is 2.54. The van der Waals surface area contributed by atoms with Crippen LogP contribution < -0.4 is 10.4 Å². The zero-order valence-corrected chi connectivity index (χ0v) is 23.1. The van der Waals surface area contributed by atoms with Gasteiger partial charge in [-0.1, -0.05) is 89.9 Å². The van der Waals surface area contributed by atoms with Crippen LogP contribution in [0.5, 0.6) is 0 Å². The molecule has 0 aromatic heterocycles. The lowest BCUT2D eigenvalue weighted by atomic mass is 9.25. The molecule has 0 saturated heterocycles. The van der Waals surface area contributed by atoms with E-state index < -0.39 is 0 Å². The minimum Gasteiger partial charge on any atom is -0.312 e. The number of hydrogen-bond donors (Lipinski definition) is 0. The van der Waals surface area contributed by atoms with Gasteiger partial charge < -0.3 is 4.90 Å². The summed E-state index contributed by atoms with van der Waals surface area (Å²) in [5.41, 5.74) is 15.7. The maximum absolute atomic E-state index is 10.0. The summed E-state index contributed by atoms with van der Waals surface area (Å²) in [5.74, 6) is 1.09. The second-order valence-corrected chi connectivity index (χ2v) is 12.3. The minimum atomic E-state index is 0.186. The van der Waals surface area contributed by atoms with Gasteiger partial charge >= 0.3 is 0 Å². The summed E-state index contributed by atoms with van der Waals surface area (Å²) in [6.07, 6.45) is 31.9. The van der Waals surface area contributed by atoms with Crippen LogP contribution in [0.3, 0.4) is 0 Å². The molecule has 0 radical (unpaired) electrons. The fourth-order valence-corrected chi connectivity index (χ4v) is 8.55. The lowest BCUT2D eigenvalue weighted by Crippen LogP contribution is -2.55. The summed E-state index contributed by atoms with van der Waals surface area (Å²) >= 11 is 0. The van der Waals surface area contributed by atoms with Gasteiger partial charge in [0.05, 0.1) is 11.6 Å². The summed E-state index contributed by atoms with van der Waals surface area (Å²) in [5, 5.41) is 10.0. The Morgan fingerprint density at radius 3 is 2.76 bits per heavy atom. The first-order chi connectivity index (χ1) is 20.2. The van der Waals surface area contributed by atoms with Crippen LogP contribution in [-0.4, -0.2) is 6.71 Å². The molecule has 0 spiro atoms. The maximum atomic E-state index is 10.0. The first kappa shape index (κ1) is 23.2. The Bertz CT molecular complexity index is 1900. The van der Waals surface area contributed by atoms with Gasteiger partial charge in [0.15, 0.2) is 0 Å². The number of aryl methyl sites for hydroxylation is 2. The van der Waals surface area contributed by atoms with Crippen molar-refractivity contribution >= 4 is 29.6 Å². The molecule has 2 aromatic rings. The van der Waals surface area contributed by atoms with Crippen molar-refractivity contribution in [3.8, 4) is 6.07 Å². The molecule has 7 aliphatic rings. The molecule has 0 bridgehead atoms. The number of benzene rings is 2. The molecular weight excluding hydrogens is 495 g/mol. The van der Waals surface area contributed by atoms with Gasteiger partial charge in [0.1, 0.15) is 0 Å². The number of allylic oxidation sites excluding steroid dienone is 16. The second-order valence-electron chi connectivity index (χ2n) is 12.3. The highest BCUT2D eigenvalue weighted by molar-refractivity contribution is 6.88. The minimum absolute atomic E-state index is 0.186. The monoisotopic (exact) mass is 524 g/mol. The van der Waals surface area contributed by atoms with Gasteiger partial charge in [-0.2, -0.15) is 5.26 Å². The summed E-state index contributed by atoms with van der Waals surface area (Å²) < 4.78 is 0. The van der Waals surface area contributed by atoms with E-state index in [-0.39, 0.29) is 18.5 Å². The van der Waals surface area contributed by atoms with E-state index in [1.165, 1.54) is 61.3 Å². The third-order valence-electron chi connectivity index (χ3n) is 10.2. The predicted octanol–water partition coefficient (Wildman–Crippen LogP) is 7.67. The number of anilines is 2. The molecule has 41 heavy (non-hydrogen) atoms. The van der Waals surface area contributed by atoms with E-state index in [1.54, 1.807) is 0 Å². The molecule has 0 N–H and O–H groups in total. The van der Waals surface area contributed by atoms with E-state index in [0.717, 1.165) is 18.4 Å². The van der Waals surface area contributed by atoms with Crippen molar-refractivity contribution in [3.63, 3.8) is 0 Å². The zero-order chi connectivity index (χ0) is 27.2. The fourth-order valence-electron chi connectivity index (χ4n) is 8.55. The average Bonchev–Trinajstić information content (AvgIpc) is 3.02. The van der Waals surface area contributed by atoms with Crippen molar-refractivity contribution < 1.29 is 0 Å². The van der Waals surface area contributed by atoms with Crippen molar-refractivity contribution in [2.75, 3.05) is 4.90 Å². The van der Waals surface area contributed by atoms with E-state index in [2.05, 4.69) is 127 Å². The van der Waals surface area contributed by atoms with Crippen LogP contribution in [0.25, 0.3) is 6.08 Å². The number of fused-ring (bicyclic) bond motifs is 6. The maximum Gasteiger partial charge on any atom is 0.239 e. The summed E-state index contributed by atoms with van der Waals surface area (Å²) in [6.45, 7) is 2.42. The van der Waals surface area contributed by atoms with Crippen LogP contribution in [-0.2, 0) is 6.42 Å². The van der Waals surface area contributed by atoms with E-state index in [4.69, 9.17) is 0 Å². The Hall–Kier alpha value is -4.55. The quantitative estimate of drug-likeness (QED) is 0.358. The number of hydrogen-bond acceptors (Lipinski definition) is 2. The molecule has 9 rings (SSSR count). The number of nitrogens with zero attached hydrogens (tertiary/aromatic N) is 2. The van der Waals surface area contributed by atoms with E-state index in [0.29, 0.717) is 11.8 Å². The van der Waals surface area contributed by atoms with Crippen molar-refractivity contribution in [1.82, 2.24) is 0 Å². The molecule has 4 unspecified atom stereocenters. The molecule has 3 heteroatoms. The Morgan fingerprint density at radius 2 is 1.83 bits per heavy atom. The van der Waals surface area contributed by atoms with E-state index in [9.17, 15) is 5.26 Å². The SMILES string of the molecule is Cc1cc2c3c(c1)N(c1ccc4c(c1)C=CCC4)C1=C(B3C3=CC=C(C#N)C4=CC=CC2C34)C2C=CC=CC2C=C1. The van der Waals surface area contributed by atoms with Crippen molar-refractivity contribution in [1.29, 1.82) is 5.26 Å². The Balaban J connectivity index is 1.36. The van der Waals surface area contributed by atoms with Gasteiger partial charge in [-0.3, -0.25) is 0 Å². The molecule has 0 amide bonds. The third kappa shape index (κ3) is 3.14. The van der Waals surface area contributed by atoms with Gasteiger partial charge in [-0.15, -0.1) is 0 Å². The predicted molar refractivity (Wildman–Crippen MR) is 169 cm³/mol. The highest BCUT2D eigenvalue weighted by Gasteiger charge is 2.51. The Kier molecular flexibility index (Phi) is 4.80. The van der Waals surface area contributed by atoms with Crippen LogP contribution in [0.15, 0.2) is 131 Å². The molecular formula is C38H29BN2. The summed E-state index contributed by atoms with van der Waals surface area (Å²) in [4.78, 5) is 2.56. The molecule has 2 nitrogen and oxygen atoms in total. The number of nitriles is 1. The van der Waals surface area contributed by atoms with Crippen molar-refractivity contribution in [3.05, 3.63) is 153 Å². The zero-order valence-electron chi connectivity index (χ0n) is 23.1. The summed E-state index contributed by atoms with van der Waals surface area (Å²) in [7, 11) is 0. The molecule has 2 heterocycles. The van der Waals surface area contributed by atoms with Crippen LogP contribution >= 0.6 is 0 Å². The normalized spacial score (nSPS) is 27.2. The van der Waals surface area contributed by atoms with Gasteiger partial charge in [0, 0.05) is 40.7 Å². The van der Waals surface area contributed by atoms with Crippen LogP contribution in [0.1, 0.15) is 34.6 Å². The molecule has 2 aromatic carbocycles. The Morgan fingerprint density at radius 1 is 0.927 bits per heavy atom. The van der Waals surface area contributed by atoms with E-state index >= 15 is 0 Å². The van der Waals surface area contributed by atoms with Crippen LogP contribution in [0.4, 0.5) is 11.4 Å². The lowest BCUT2D eigenvalue weighted by Gasteiger charge is -2.50. The number of rotatable bonds is 1. The Labute approximate surface area is 242 Å². The van der Waals surface area contributed by atoms with Crippen molar-refractivity contribution in [2.45, 2.75) is 25.7 Å². The molecule has 2 aliphatic heterocycles.